The number of anilines is 2. The van der Waals surface area contributed by atoms with Crippen molar-refractivity contribution in [3.63, 3.8) is 0 Å². The van der Waals surface area contributed by atoms with Crippen LogP contribution in [-0.4, -0.2) is 23.6 Å². The zero-order chi connectivity index (χ0) is 14.7. The largest absolute Gasteiger partial charge is 0.369 e. The summed E-state index contributed by atoms with van der Waals surface area (Å²) in [5.74, 6) is 2.91. The molecule has 0 fully saturated rings. The van der Waals surface area contributed by atoms with Gasteiger partial charge in [-0.25, -0.2) is 4.98 Å². The fourth-order valence-corrected chi connectivity index (χ4v) is 2.85. The van der Waals surface area contributed by atoms with Crippen LogP contribution in [-0.2, 0) is 6.42 Å². The predicted octanol–water partition coefficient (Wildman–Crippen LogP) is 4.00. The van der Waals surface area contributed by atoms with Gasteiger partial charge in [-0.05, 0) is 24.3 Å². The van der Waals surface area contributed by atoms with E-state index >= 15 is 0 Å². The minimum atomic E-state index is 0.613. The lowest BCUT2D eigenvalue weighted by Gasteiger charge is -2.17. The van der Waals surface area contributed by atoms with E-state index in [1.54, 1.807) is 11.3 Å². The van der Waals surface area contributed by atoms with Gasteiger partial charge in [0, 0.05) is 18.5 Å². The average molecular weight is 292 g/mol. The van der Waals surface area contributed by atoms with E-state index in [2.05, 4.69) is 54.4 Å². The van der Waals surface area contributed by atoms with E-state index in [4.69, 9.17) is 0 Å². The molecular weight excluding hydrogens is 268 g/mol. The Kier molecular flexibility index (Phi) is 4.81. The van der Waals surface area contributed by atoms with Crippen LogP contribution in [0.4, 0.5) is 11.8 Å². The number of thiophene rings is 1. The molecular formula is C15H24N4S. The van der Waals surface area contributed by atoms with E-state index in [0.29, 0.717) is 17.8 Å². The number of hydrogen-bond acceptors (Lipinski definition) is 5. The van der Waals surface area contributed by atoms with Crippen molar-refractivity contribution in [2.45, 2.75) is 34.1 Å². The summed E-state index contributed by atoms with van der Waals surface area (Å²) >= 11 is 1.75. The molecule has 1 atom stereocenters. The highest BCUT2D eigenvalue weighted by Gasteiger charge is 2.13. The van der Waals surface area contributed by atoms with Gasteiger partial charge in [-0.15, -0.1) is 11.3 Å². The van der Waals surface area contributed by atoms with Crippen LogP contribution in [0.2, 0.25) is 0 Å². The van der Waals surface area contributed by atoms with Crippen molar-refractivity contribution in [3.05, 3.63) is 10.9 Å². The molecule has 0 aliphatic rings. The topological polar surface area (TPSA) is 49.8 Å². The summed E-state index contributed by atoms with van der Waals surface area (Å²) in [7, 11) is 1.86. The van der Waals surface area contributed by atoms with Crippen LogP contribution in [0.1, 0.15) is 32.6 Å². The molecule has 4 nitrogen and oxygen atoms in total. The minimum absolute atomic E-state index is 0.613. The molecule has 2 heterocycles. The normalized spacial score (nSPS) is 12.9. The summed E-state index contributed by atoms with van der Waals surface area (Å²) < 4.78 is 0. The van der Waals surface area contributed by atoms with Gasteiger partial charge in [0.2, 0.25) is 5.95 Å². The Morgan fingerprint density at radius 1 is 1.25 bits per heavy atom. The number of nitrogens with zero attached hydrogens (tertiary/aromatic N) is 2. The van der Waals surface area contributed by atoms with Crippen LogP contribution >= 0.6 is 11.3 Å². The molecule has 0 saturated carbocycles. The first-order valence-electron chi connectivity index (χ1n) is 7.27. The highest BCUT2D eigenvalue weighted by Crippen LogP contribution is 2.30. The van der Waals surface area contributed by atoms with E-state index in [0.717, 1.165) is 29.0 Å². The number of aromatic nitrogens is 2. The Hall–Kier alpha value is -1.36. The third-order valence-electron chi connectivity index (χ3n) is 3.75. The third-order valence-corrected chi connectivity index (χ3v) is 4.92. The van der Waals surface area contributed by atoms with Crippen LogP contribution in [0.15, 0.2) is 6.07 Å². The SMILES string of the molecule is CCc1cc2c(NCC(C)C(C)C)nc(NC)nc2s1. The van der Waals surface area contributed by atoms with Crippen LogP contribution in [0.25, 0.3) is 10.2 Å². The maximum Gasteiger partial charge on any atom is 0.225 e. The summed E-state index contributed by atoms with van der Waals surface area (Å²) in [6, 6.07) is 2.21. The Labute approximate surface area is 125 Å². The van der Waals surface area contributed by atoms with Crippen LogP contribution < -0.4 is 10.6 Å². The molecule has 0 saturated heterocycles. The Bertz CT molecular complexity index is 577. The molecule has 0 amide bonds. The van der Waals surface area contributed by atoms with E-state index in [1.807, 2.05) is 7.05 Å². The molecule has 2 aromatic rings. The van der Waals surface area contributed by atoms with Gasteiger partial charge >= 0.3 is 0 Å². The van der Waals surface area contributed by atoms with E-state index < -0.39 is 0 Å². The molecule has 20 heavy (non-hydrogen) atoms. The van der Waals surface area contributed by atoms with Crippen LogP contribution in [0, 0.1) is 11.8 Å². The predicted molar refractivity (Wildman–Crippen MR) is 88.8 cm³/mol. The molecule has 0 bridgehead atoms. The number of nitrogens with one attached hydrogen (secondary N) is 2. The van der Waals surface area contributed by atoms with E-state index in [9.17, 15) is 0 Å². The molecule has 1 unspecified atom stereocenters. The minimum Gasteiger partial charge on any atom is -0.369 e. The molecule has 5 heteroatoms. The molecule has 0 spiro atoms. The summed E-state index contributed by atoms with van der Waals surface area (Å²) in [5.41, 5.74) is 0. The monoisotopic (exact) mass is 292 g/mol. The lowest BCUT2D eigenvalue weighted by Crippen LogP contribution is -2.17. The molecule has 2 rings (SSSR count). The van der Waals surface area contributed by atoms with Gasteiger partial charge in [0.15, 0.2) is 0 Å². The summed E-state index contributed by atoms with van der Waals surface area (Å²) in [4.78, 5) is 11.5. The lowest BCUT2D eigenvalue weighted by molar-refractivity contribution is 0.439. The van der Waals surface area contributed by atoms with Gasteiger partial charge in [-0.2, -0.15) is 4.98 Å². The molecule has 110 valence electrons. The average Bonchev–Trinajstić information content (AvgIpc) is 2.86. The van der Waals surface area contributed by atoms with Crippen LogP contribution in [0.5, 0.6) is 0 Å². The first-order chi connectivity index (χ1) is 9.55. The van der Waals surface area contributed by atoms with Crippen molar-refractivity contribution in [1.82, 2.24) is 9.97 Å². The van der Waals surface area contributed by atoms with Gasteiger partial charge in [0.05, 0.1) is 5.39 Å². The van der Waals surface area contributed by atoms with E-state index in [-0.39, 0.29) is 0 Å². The van der Waals surface area contributed by atoms with Gasteiger partial charge in [-0.3, -0.25) is 0 Å². The Balaban J connectivity index is 2.32. The number of hydrogen-bond donors (Lipinski definition) is 2. The second-order valence-electron chi connectivity index (χ2n) is 5.53. The standard InChI is InChI=1S/C15H24N4S/c1-6-11-7-12-13(17-8-10(4)9(2)3)18-15(16-5)19-14(12)20-11/h7,9-10H,6,8H2,1-5H3,(H2,16,17,18,19). The van der Waals surface area contributed by atoms with Crippen molar-refractivity contribution in [2.24, 2.45) is 11.8 Å². The van der Waals surface area contributed by atoms with Crippen molar-refractivity contribution < 1.29 is 0 Å². The second kappa shape index (κ2) is 6.39. The molecule has 0 aliphatic heterocycles. The summed E-state index contributed by atoms with van der Waals surface area (Å²) in [6.45, 7) is 9.87. The Morgan fingerprint density at radius 3 is 2.60 bits per heavy atom. The van der Waals surface area contributed by atoms with Crippen molar-refractivity contribution in [1.29, 1.82) is 0 Å². The van der Waals surface area contributed by atoms with Gasteiger partial charge in [0.1, 0.15) is 10.6 Å². The first kappa shape index (κ1) is 15.0. The van der Waals surface area contributed by atoms with Gasteiger partial charge in [-0.1, -0.05) is 27.7 Å². The smallest absolute Gasteiger partial charge is 0.225 e. The quantitative estimate of drug-likeness (QED) is 0.845. The lowest BCUT2D eigenvalue weighted by atomic mass is 9.98. The van der Waals surface area contributed by atoms with Crippen molar-refractivity contribution >= 4 is 33.3 Å². The molecule has 0 aromatic carbocycles. The number of rotatable bonds is 6. The molecule has 2 aromatic heterocycles. The number of fused-ring (bicyclic) bond motifs is 1. The Morgan fingerprint density at radius 2 is 2.00 bits per heavy atom. The highest BCUT2D eigenvalue weighted by molar-refractivity contribution is 7.18. The van der Waals surface area contributed by atoms with Gasteiger partial charge in [0.25, 0.3) is 0 Å². The van der Waals surface area contributed by atoms with Crippen molar-refractivity contribution in [2.75, 3.05) is 24.2 Å². The van der Waals surface area contributed by atoms with Crippen LogP contribution in [0.3, 0.4) is 0 Å². The second-order valence-corrected chi connectivity index (χ2v) is 6.65. The van der Waals surface area contributed by atoms with Gasteiger partial charge < -0.3 is 10.6 Å². The molecule has 0 radical (unpaired) electrons. The molecule has 2 N–H and O–H groups in total. The zero-order valence-electron chi connectivity index (χ0n) is 12.9. The number of aryl methyl sites for hydroxylation is 1. The summed E-state index contributed by atoms with van der Waals surface area (Å²) in [5, 5.41) is 7.68. The van der Waals surface area contributed by atoms with Crippen molar-refractivity contribution in [3.8, 4) is 0 Å². The molecule has 0 aliphatic carbocycles. The zero-order valence-corrected chi connectivity index (χ0v) is 13.8. The maximum atomic E-state index is 4.57. The summed E-state index contributed by atoms with van der Waals surface area (Å²) in [6.07, 6.45) is 1.04. The maximum absolute atomic E-state index is 4.57. The third kappa shape index (κ3) is 3.20. The van der Waals surface area contributed by atoms with E-state index in [1.165, 1.54) is 4.88 Å². The fraction of sp³-hybridized carbons (Fsp3) is 0.600. The fourth-order valence-electron chi connectivity index (χ4n) is 1.89. The first-order valence-corrected chi connectivity index (χ1v) is 8.08. The highest BCUT2D eigenvalue weighted by atomic mass is 32.1.